The Morgan fingerprint density at radius 3 is 2.23 bits per heavy atom. The predicted octanol–water partition coefficient (Wildman–Crippen LogP) is 1.97. The van der Waals surface area contributed by atoms with Crippen LogP contribution in [0.15, 0.2) is 24.3 Å². The fourth-order valence-corrected chi connectivity index (χ4v) is 4.56. The van der Waals surface area contributed by atoms with Crippen LogP contribution in [0.3, 0.4) is 0 Å². The number of ether oxygens (including phenoxy) is 1. The van der Waals surface area contributed by atoms with E-state index in [1.165, 1.54) is 6.92 Å². The van der Waals surface area contributed by atoms with E-state index in [-0.39, 0.29) is 0 Å². The fourth-order valence-electron chi connectivity index (χ4n) is 2.78. The molecule has 1 aliphatic heterocycles. The Labute approximate surface area is 153 Å². The van der Waals surface area contributed by atoms with Crippen LogP contribution in [0.4, 0.5) is 5.69 Å². The van der Waals surface area contributed by atoms with Crippen molar-refractivity contribution in [2.45, 2.75) is 49.5 Å². The number of rotatable bonds is 6. The van der Waals surface area contributed by atoms with Gasteiger partial charge in [-0.2, -0.15) is 0 Å². The summed E-state index contributed by atoms with van der Waals surface area (Å²) in [7, 11) is -3.59. The molecule has 7 nitrogen and oxygen atoms in total. The number of anilines is 1. The van der Waals surface area contributed by atoms with E-state index < -0.39 is 37.6 Å². The van der Waals surface area contributed by atoms with Gasteiger partial charge in [0, 0.05) is 18.9 Å². The third-order valence-corrected chi connectivity index (χ3v) is 7.50. The zero-order valence-electron chi connectivity index (χ0n) is 15.2. The lowest BCUT2D eigenvalue weighted by molar-refractivity contribution is -0.142. The molecule has 0 radical (unpaired) electrons. The number of benzene rings is 1. The summed E-state index contributed by atoms with van der Waals surface area (Å²) in [4.78, 5) is 23.7. The summed E-state index contributed by atoms with van der Waals surface area (Å²) in [6, 6.07) is 6.38. The van der Waals surface area contributed by atoms with Gasteiger partial charge in [0.05, 0.1) is 10.7 Å². The molecule has 1 fully saturated rings. The van der Waals surface area contributed by atoms with E-state index in [1.54, 1.807) is 38.1 Å². The van der Waals surface area contributed by atoms with Gasteiger partial charge in [0.15, 0.2) is 9.84 Å². The number of sulfone groups is 1. The minimum Gasteiger partial charge on any atom is -0.481 e. The first kappa shape index (κ1) is 20.4. The molecule has 1 amide bonds. The van der Waals surface area contributed by atoms with Gasteiger partial charge in [-0.25, -0.2) is 8.42 Å². The molecule has 1 saturated heterocycles. The van der Waals surface area contributed by atoms with E-state index in [1.807, 2.05) is 0 Å². The Bertz CT molecular complexity index is 763. The lowest BCUT2D eigenvalue weighted by Crippen LogP contribution is -2.41. The van der Waals surface area contributed by atoms with E-state index in [4.69, 9.17) is 4.74 Å². The Hall–Kier alpha value is -1.93. The Balaban J connectivity index is 2.08. The van der Waals surface area contributed by atoms with Gasteiger partial charge in [-0.15, -0.1) is 0 Å². The Morgan fingerprint density at radius 2 is 1.73 bits per heavy atom. The van der Waals surface area contributed by atoms with Crippen molar-refractivity contribution in [3.63, 3.8) is 0 Å². The van der Waals surface area contributed by atoms with E-state index in [9.17, 15) is 23.1 Å². The first-order valence-corrected chi connectivity index (χ1v) is 10.1. The molecule has 1 heterocycles. The molecule has 0 aromatic heterocycles. The smallest absolute Gasteiger partial charge is 0.313 e. The van der Waals surface area contributed by atoms with Gasteiger partial charge in [-0.1, -0.05) is 12.1 Å². The third kappa shape index (κ3) is 4.24. The van der Waals surface area contributed by atoms with E-state index in [0.717, 1.165) is 0 Å². The van der Waals surface area contributed by atoms with E-state index in [0.29, 0.717) is 37.3 Å². The number of hydrogen-bond donors (Lipinski definition) is 2. The van der Waals surface area contributed by atoms with Gasteiger partial charge in [0.2, 0.25) is 5.91 Å². The molecule has 1 unspecified atom stereocenters. The van der Waals surface area contributed by atoms with Gasteiger partial charge < -0.3 is 15.2 Å². The van der Waals surface area contributed by atoms with Gasteiger partial charge in [0.1, 0.15) is 5.25 Å². The van der Waals surface area contributed by atoms with Crippen LogP contribution < -0.4 is 5.32 Å². The Morgan fingerprint density at radius 1 is 1.19 bits per heavy atom. The molecule has 2 rings (SSSR count). The van der Waals surface area contributed by atoms with Crippen molar-refractivity contribution in [2.75, 3.05) is 18.5 Å². The molecule has 1 aromatic carbocycles. The summed E-state index contributed by atoms with van der Waals surface area (Å²) in [5, 5.41) is 10.1. The topological polar surface area (TPSA) is 110 Å². The number of carbonyl (C=O) groups is 2. The van der Waals surface area contributed by atoms with Crippen molar-refractivity contribution in [1.82, 2.24) is 0 Å². The van der Waals surface area contributed by atoms with Crippen LogP contribution >= 0.6 is 0 Å². The number of hydrogen-bond acceptors (Lipinski definition) is 5. The van der Waals surface area contributed by atoms with E-state index >= 15 is 0 Å². The standard InChI is InChI=1S/C18H25NO6S/c1-12(26(23,24)15-8-10-25-11-9-15)16(20)19-14-6-4-13(5-7-14)18(2,3)17(21)22/h4-7,12,15H,8-11H2,1-3H3,(H,19,20)(H,21,22). The molecule has 144 valence electrons. The summed E-state index contributed by atoms with van der Waals surface area (Å²) < 4.78 is 30.4. The molecule has 1 aliphatic rings. The van der Waals surface area contributed by atoms with Crippen molar-refractivity contribution in [3.8, 4) is 0 Å². The number of nitrogens with one attached hydrogen (secondary N) is 1. The van der Waals surface area contributed by atoms with Gasteiger partial charge in [0.25, 0.3) is 0 Å². The second-order valence-corrected chi connectivity index (χ2v) is 9.59. The number of carboxylic acid groups (broad SMARTS) is 1. The third-order valence-electron chi connectivity index (χ3n) is 4.90. The molecule has 8 heteroatoms. The van der Waals surface area contributed by atoms with Crippen molar-refractivity contribution >= 4 is 27.4 Å². The molecule has 26 heavy (non-hydrogen) atoms. The summed E-state index contributed by atoms with van der Waals surface area (Å²) in [6.07, 6.45) is 0.803. The molecule has 2 N–H and O–H groups in total. The summed E-state index contributed by atoms with van der Waals surface area (Å²) in [5.41, 5.74) is -0.0396. The van der Waals surface area contributed by atoms with E-state index in [2.05, 4.69) is 5.32 Å². The van der Waals surface area contributed by atoms with Crippen molar-refractivity contribution < 1.29 is 27.9 Å². The zero-order chi connectivity index (χ0) is 19.5. The highest BCUT2D eigenvalue weighted by Gasteiger charge is 2.36. The number of carboxylic acids is 1. The highest BCUT2D eigenvalue weighted by atomic mass is 32.2. The molecule has 0 spiro atoms. The summed E-state index contributed by atoms with van der Waals surface area (Å²) in [6.45, 7) is 5.34. The van der Waals surface area contributed by atoms with Crippen LogP contribution in [0, 0.1) is 0 Å². The highest BCUT2D eigenvalue weighted by Crippen LogP contribution is 2.25. The maximum atomic E-state index is 12.6. The van der Waals surface area contributed by atoms with Crippen molar-refractivity contribution in [2.24, 2.45) is 0 Å². The predicted molar refractivity (Wildman–Crippen MR) is 98.0 cm³/mol. The normalized spacial score (nSPS) is 17.5. The average Bonchev–Trinajstić information content (AvgIpc) is 2.62. The highest BCUT2D eigenvalue weighted by molar-refractivity contribution is 7.93. The SMILES string of the molecule is CC(C(=O)Nc1ccc(C(C)(C)C(=O)O)cc1)S(=O)(=O)C1CCOCC1. The molecule has 0 aliphatic carbocycles. The molecular weight excluding hydrogens is 358 g/mol. The number of carbonyl (C=O) groups excluding carboxylic acids is 1. The number of amides is 1. The second kappa shape index (κ2) is 7.75. The minimum absolute atomic E-state index is 0.388. The lowest BCUT2D eigenvalue weighted by Gasteiger charge is -2.25. The van der Waals surface area contributed by atoms with Crippen LogP contribution in [-0.4, -0.2) is 49.1 Å². The monoisotopic (exact) mass is 383 g/mol. The maximum Gasteiger partial charge on any atom is 0.313 e. The van der Waals surface area contributed by atoms with Crippen LogP contribution in [0.2, 0.25) is 0 Å². The second-order valence-electron chi connectivity index (χ2n) is 7.04. The maximum absolute atomic E-state index is 12.6. The largest absolute Gasteiger partial charge is 0.481 e. The lowest BCUT2D eigenvalue weighted by atomic mass is 9.85. The minimum atomic E-state index is -3.59. The van der Waals surface area contributed by atoms with Crippen LogP contribution in [0.1, 0.15) is 39.2 Å². The molecule has 1 atom stereocenters. The molecule has 0 saturated carbocycles. The first-order chi connectivity index (χ1) is 12.1. The fraction of sp³-hybridized carbons (Fsp3) is 0.556. The molecule has 0 bridgehead atoms. The van der Waals surface area contributed by atoms with Gasteiger partial charge >= 0.3 is 5.97 Å². The van der Waals surface area contributed by atoms with Crippen molar-refractivity contribution in [3.05, 3.63) is 29.8 Å². The first-order valence-electron chi connectivity index (χ1n) is 8.52. The Kier molecular flexibility index (Phi) is 6.08. The summed E-state index contributed by atoms with van der Waals surface area (Å²) in [5.74, 6) is -1.55. The molecular formula is C18H25NO6S. The van der Waals surface area contributed by atoms with Gasteiger partial charge in [-0.3, -0.25) is 9.59 Å². The quantitative estimate of drug-likeness (QED) is 0.777. The average molecular weight is 383 g/mol. The van der Waals surface area contributed by atoms with Crippen LogP contribution in [-0.2, 0) is 29.6 Å². The molecule has 1 aromatic rings. The van der Waals surface area contributed by atoms with Crippen molar-refractivity contribution in [1.29, 1.82) is 0 Å². The zero-order valence-corrected chi connectivity index (χ0v) is 16.0. The number of aliphatic carboxylic acids is 1. The van der Waals surface area contributed by atoms with Crippen LogP contribution in [0.5, 0.6) is 0 Å². The van der Waals surface area contributed by atoms with Gasteiger partial charge in [-0.05, 0) is 51.3 Å². The summed E-state index contributed by atoms with van der Waals surface area (Å²) >= 11 is 0. The van der Waals surface area contributed by atoms with Crippen LogP contribution in [0.25, 0.3) is 0 Å².